The Hall–Kier alpha value is -1.58. The third kappa shape index (κ3) is 2.96. The number of carbonyl (C=O) groups is 1. The number of halogens is 1. The Morgan fingerprint density at radius 2 is 2.06 bits per heavy atom. The summed E-state index contributed by atoms with van der Waals surface area (Å²) in [7, 11) is 1.47. The van der Waals surface area contributed by atoms with E-state index in [-0.39, 0.29) is 6.42 Å². The van der Waals surface area contributed by atoms with Crippen molar-refractivity contribution in [1.29, 1.82) is 0 Å². The summed E-state index contributed by atoms with van der Waals surface area (Å²) in [5, 5.41) is 8.87. The van der Waals surface area contributed by atoms with E-state index in [0.29, 0.717) is 11.3 Å². The van der Waals surface area contributed by atoms with Crippen molar-refractivity contribution >= 4 is 5.97 Å². The van der Waals surface area contributed by atoms with Gasteiger partial charge < -0.3 is 9.84 Å². The molecule has 0 saturated heterocycles. The highest BCUT2D eigenvalue weighted by molar-refractivity contribution is 5.69. The molecule has 0 amide bonds. The summed E-state index contributed by atoms with van der Waals surface area (Å²) in [6, 6.07) is 2.68. The van der Waals surface area contributed by atoms with Gasteiger partial charge >= 0.3 is 5.97 Å². The van der Waals surface area contributed by atoms with Gasteiger partial charge in [-0.15, -0.1) is 0 Å². The number of carboxylic acids is 1. The van der Waals surface area contributed by atoms with Crippen LogP contribution in [0.3, 0.4) is 0 Å². The standard InChI is InChI=1S/C13H17FO3/c1-8-10(13(2,3)7-12(15)16)5-9(14)6-11(8)17-4/h5-6H,7H2,1-4H3,(H,15,16). The first-order valence-corrected chi connectivity index (χ1v) is 5.34. The molecule has 0 aliphatic rings. The van der Waals surface area contributed by atoms with E-state index in [9.17, 15) is 9.18 Å². The average molecular weight is 240 g/mol. The van der Waals surface area contributed by atoms with Crippen LogP contribution in [0.1, 0.15) is 31.4 Å². The van der Waals surface area contributed by atoms with Gasteiger partial charge in [-0.05, 0) is 24.1 Å². The maximum atomic E-state index is 13.4. The highest BCUT2D eigenvalue weighted by Crippen LogP contribution is 2.34. The predicted octanol–water partition coefficient (Wildman–Crippen LogP) is 2.90. The molecular weight excluding hydrogens is 223 g/mol. The predicted molar refractivity (Wildman–Crippen MR) is 63.0 cm³/mol. The summed E-state index contributed by atoms with van der Waals surface area (Å²) in [5.74, 6) is -0.878. The third-order valence-corrected chi connectivity index (χ3v) is 2.87. The van der Waals surface area contributed by atoms with E-state index in [4.69, 9.17) is 9.84 Å². The zero-order valence-electron chi connectivity index (χ0n) is 10.5. The van der Waals surface area contributed by atoms with Gasteiger partial charge in [-0.3, -0.25) is 4.79 Å². The largest absolute Gasteiger partial charge is 0.496 e. The topological polar surface area (TPSA) is 46.5 Å². The molecule has 1 rings (SSSR count). The SMILES string of the molecule is COc1cc(F)cc(C(C)(C)CC(=O)O)c1C. The molecule has 0 unspecified atom stereocenters. The van der Waals surface area contributed by atoms with Crippen LogP contribution in [0.5, 0.6) is 5.75 Å². The summed E-state index contributed by atoms with van der Waals surface area (Å²) in [4.78, 5) is 10.8. The van der Waals surface area contributed by atoms with Crippen molar-refractivity contribution in [2.45, 2.75) is 32.6 Å². The molecule has 17 heavy (non-hydrogen) atoms. The van der Waals surface area contributed by atoms with Gasteiger partial charge in [-0.2, -0.15) is 0 Å². The Kier molecular flexibility index (Phi) is 3.76. The number of aliphatic carboxylic acids is 1. The molecule has 0 spiro atoms. The van der Waals surface area contributed by atoms with Crippen LogP contribution >= 0.6 is 0 Å². The van der Waals surface area contributed by atoms with E-state index in [1.807, 2.05) is 0 Å². The van der Waals surface area contributed by atoms with E-state index in [2.05, 4.69) is 0 Å². The van der Waals surface area contributed by atoms with Crippen molar-refractivity contribution in [3.8, 4) is 5.75 Å². The average Bonchev–Trinajstić information content (AvgIpc) is 2.18. The van der Waals surface area contributed by atoms with E-state index in [1.165, 1.54) is 19.2 Å². The number of ether oxygens (including phenoxy) is 1. The normalized spacial score (nSPS) is 11.4. The van der Waals surface area contributed by atoms with Gasteiger partial charge in [0.05, 0.1) is 13.5 Å². The zero-order chi connectivity index (χ0) is 13.2. The first-order chi connectivity index (χ1) is 7.77. The van der Waals surface area contributed by atoms with Crippen LogP contribution in [0, 0.1) is 12.7 Å². The lowest BCUT2D eigenvalue weighted by Crippen LogP contribution is -2.23. The van der Waals surface area contributed by atoms with E-state index in [0.717, 1.165) is 5.56 Å². The minimum Gasteiger partial charge on any atom is -0.496 e. The number of rotatable bonds is 4. The van der Waals surface area contributed by atoms with Crippen molar-refractivity contribution in [2.24, 2.45) is 0 Å². The minimum atomic E-state index is -0.905. The highest BCUT2D eigenvalue weighted by Gasteiger charge is 2.27. The van der Waals surface area contributed by atoms with Gasteiger partial charge in [0.15, 0.2) is 0 Å². The summed E-state index contributed by atoms with van der Waals surface area (Å²) < 4.78 is 18.5. The fraction of sp³-hybridized carbons (Fsp3) is 0.462. The van der Waals surface area contributed by atoms with Crippen LogP contribution in [0.2, 0.25) is 0 Å². The molecule has 1 aromatic rings. The first kappa shape index (κ1) is 13.5. The molecule has 3 nitrogen and oxygen atoms in total. The van der Waals surface area contributed by atoms with Crippen LogP contribution in [0.25, 0.3) is 0 Å². The third-order valence-electron chi connectivity index (χ3n) is 2.87. The maximum Gasteiger partial charge on any atom is 0.304 e. The van der Waals surface area contributed by atoms with Gasteiger partial charge in [0.1, 0.15) is 11.6 Å². The molecule has 94 valence electrons. The van der Waals surface area contributed by atoms with Crippen molar-refractivity contribution in [1.82, 2.24) is 0 Å². The molecule has 0 radical (unpaired) electrons. The molecule has 0 fully saturated rings. The summed E-state index contributed by atoms with van der Waals surface area (Å²) in [6.45, 7) is 5.36. The quantitative estimate of drug-likeness (QED) is 0.880. The number of benzene rings is 1. The molecule has 0 aliphatic heterocycles. The highest BCUT2D eigenvalue weighted by atomic mass is 19.1. The van der Waals surface area contributed by atoms with E-state index >= 15 is 0 Å². The van der Waals surface area contributed by atoms with Crippen molar-refractivity contribution < 1.29 is 19.0 Å². The molecule has 0 aliphatic carbocycles. The second kappa shape index (κ2) is 4.73. The summed E-state index contributed by atoms with van der Waals surface area (Å²) in [6.07, 6.45) is -0.0551. The minimum absolute atomic E-state index is 0.0551. The van der Waals surface area contributed by atoms with E-state index in [1.54, 1.807) is 20.8 Å². The Labute approximate surface area is 100 Å². The second-order valence-electron chi connectivity index (χ2n) is 4.74. The number of hydrogen-bond donors (Lipinski definition) is 1. The van der Waals surface area contributed by atoms with Gasteiger partial charge in [-0.1, -0.05) is 13.8 Å². The van der Waals surface area contributed by atoms with Crippen molar-refractivity contribution in [2.75, 3.05) is 7.11 Å². The fourth-order valence-electron chi connectivity index (χ4n) is 2.04. The number of carboxylic acid groups (broad SMARTS) is 1. The van der Waals surface area contributed by atoms with E-state index < -0.39 is 17.2 Å². The van der Waals surface area contributed by atoms with Crippen molar-refractivity contribution in [3.63, 3.8) is 0 Å². The lowest BCUT2D eigenvalue weighted by Gasteiger charge is -2.26. The van der Waals surface area contributed by atoms with Gasteiger partial charge in [0.25, 0.3) is 0 Å². The molecule has 1 N–H and O–H groups in total. The zero-order valence-corrected chi connectivity index (χ0v) is 10.5. The van der Waals surface area contributed by atoms with Crippen LogP contribution in [0.4, 0.5) is 4.39 Å². The number of hydrogen-bond acceptors (Lipinski definition) is 2. The van der Waals surface area contributed by atoms with Crippen molar-refractivity contribution in [3.05, 3.63) is 29.1 Å². The Morgan fingerprint density at radius 1 is 1.47 bits per heavy atom. The molecule has 4 heteroatoms. The molecule has 0 saturated carbocycles. The first-order valence-electron chi connectivity index (χ1n) is 5.34. The van der Waals surface area contributed by atoms with Crippen LogP contribution in [-0.4, -0.2) is 18.2 Å². The number of methoxy groups -OCH3 is 1. The van der Waals surface area contributed by atoms with Gasteiger partial charge in [-0.25, -0.2) is 4.39 Å². The molecule has 0 atom stereocenters. The van der Waals surface area contributed by atoms with Gasteiger partial charge in [0, 0.05) is 11.5 Å². The Morgan fingerprint density at radius 3 is 2.53 bits per heavy atom. The second-order valence-corrected chi connectivity index (χ2v) is 4.74. The molecule has 0 heterocycles. The van der Waals surface area contributed by atoms with Crippen LogP contribution < -0.4 is 4.74 Å². The lowest BCUT2D eigenvalue weighted by molar-refractivity contribution is -0.138. The summed E-state index contributed by atoms with van der Waals surface area (Å²) >= 11 is 0. The molecule has 0 bridgehead atoms. The molecule has 0 aromatic heterocycles. The van der Waals surface area contributed by atoms with Crippen LogP contribution in [-0.2, 0) is 10.2 Å². The lowest BCUT2D eigenvalue weighted by atomic mass is 9.79. The Bertz CT molecular complexity index is 439. The molecule has 1 aromatic carbocycles. The van der Waals surface area contributed by atoms with Crippen LogP contribution in [0.15, 0.2) is 12.1 Å². The smallest absolute Gasteiger partial charge is 0.304 e. The van der Waals surface area contributed by atoms with Gasteiger partial charge in [0.2, 0.25) is 0 Å². The fourth-order valence-corrected chi connectivity index (χ4v) is 2.04. The summed E-state index contributed by atoms with van der Waals surface area (Å²) in [5.41, 5.74) is 0.808. The molecular formula is C13H17FO3. The maximum absolute atomic E-state index is 13.4. The Balaban J connectivity index is 3.29. The monoisotopic (exact) mass is 240 g/mol.